The minimum atomic E-state index is 0.558. The van der Waals surface area contributed by atoms with Gasteiger partial charge in [-0.1, -0.05) is 0 Å². The predicted octanol–water partition coefficient (Wildman–Crippen LogP) is 2.03. The Hall–Kier alpha value is 1.05. The first-order chi connectivity index (χ1) is 3.29. The number of rotatable bonds is 0. The van der Waals surface area contributed by atoms with Crippen LogP contribution in [0, 0.1) is 0 Å². The molecule has 0 aliphatic carbocycles. The van der Waals surface area contributed by atoms with Crippen LogP contribution in [0.2, 0.25) is 0 Å². The van der Waals surface area contributed by atoms with Gasteiger partial charge in [0.2, 0.25) is 0 Å². The van der Waals surface area contributed by atoms with Crippen molar-refractivity contribution >= 4 is 37.0 Å². The Morgan fingerprint density at radius 2 is 1.57 bits per heavy atom. The summed E-state index contributed by atoms with van der Waals surface area (Å²) in [5, 5.41) is 0. The van der Waals surface area contributed by atoms with Gasteiger partial charge in [0.25, 0.3) is 0 Å². The minimum absolute atomic E-state index is 0.558. The van der Waals surface area contributed by atoms with Crippen LogP contribution in [0.4, 0.5) is 0 Å². The van der Waals surface area contributed by atoms with Crippen LogP contribution in [0.3, 0.4) is 0 Å². The van der Waals surface area contributed by atoms with Crippen molar-refractivity contribution in [3.05, 3.63) is 0 Å². The van der Waals surface area contributed by atoms with E-state index in [2.05, 4.69) is 25.3 Å². The molecule has 1 aliphatic heterocycles. The largest absolute Gasteiger partial charge is 0.165 e. The van der Waals surface area contributed by atoms with Gasteiger partial charge in [-0.05, 0) is 12.8 Å². The van der Waals surface area contributed by atoms with E-state index in [9.17, 15) is 0 Å². The van der Waals surface area contributed by atoms with Crippen molar-refractivity contribution in [3.63, 3.8) is 0 Å². The van der Waals surface area contributed by atoms with E-state index in [1.54, 1.807) is 0 Å². The van der Waals surface area contributed by atoms with Crippen LogP contribution >= 0.6 is 37.0 Å². The Kier molecular flexibility index (Phi) is 2.25. The minimum Gasteiger partial charge on any atom is -0.165 e. The van der Waals surface area contributed by atoms with Crippen LogP contribution in [0.5, 0.6) is 0 Å². The van der Waals surface area contributed by atoms with Gasteiger partial charge in [-0.3, -0.25) is 0 Å². The lowest BCUT2D eigenvalue weighted by atomic mass is 10.4. The second-order valence-corrected chi connectivity index (χ2v) is 4.98. The highest BCUT2D eigenvalue weighted by Crippen LogP contribution is 2.37. The highest BCUT2D eigenvalue weighted by atomic mass is 32.2. The second kappa shape index (κ2) is 2.55. The molecule has 0 radical (unpaired) electrons. The molecule has 2 unspecified atom stereocenters. The van der Waals surface area contributed by atoms with Gasteiger partial charge in [0, 0.05) is 9.16 Å². The molecule has 0 aromatic rings. The van der Waals surface area contributed by atoms with Gasteiger partial charge in [-0.2, -0.15) is 25.3 Å². The fraction of sp³-hybridized carbons (Fsp3) is 1.00. The summed E-state index contributed by atoms with van der Waals surface area (Å²) in [5.74, 6) is 0. The summed E-state index contributed by atoms with van der Waals surface area (Å²) < 4.78 is 1.12. The van der Waals surface area contributed by atoms with Crippen LogP contribution in [-0.4, -0.2) is 9.16 Å². The molecule has 0 aromatic heterocycles. The molecule has 0 amide bonds. The molecule has 2 atom stereocenters. The van der Waals surface area contributed by atoms with E-state index < -0.39 is 0 Å². The predicted molar refractivity (Wildman–Crippen MR) is 42.4 cm³/mol. The first-order valence-electron chi connectivity index (χ1n) is 2.30. The van der Waals surface area contributed by atoms with Gasteiger partial charge in [-0.25, -0.2) is 0 Å². The van der Waals surface area contributed by atoms with Crippen molar-refractivity contribution in [1.82, 2.24) is 0 Å². The summed E-state index contributed by atoms with van der Waals surface area (Å²) in [4.78, 5) is 0. The first-order valence-corrected chi connectivity index (χ1v) is 4.28. The highest BCUT2D eigenvalue weighted by molar-refractivity contribution is 8.17. The molecule has 1 aliphatic rings. The molecule has 7 heavy (non-hydrogen) atoms. The van der Waals surface area contributed by atoms with E-state index in [0.29, 0.717) is 9.16 Å². The molecule has 0 N–H and O–H groups in total. The quantitative estimate of drug-likeness (QED) is 0.501. The number of thiol groups is 2. The third-order valence-electron chi connectivity index (χ3n) is 0.975. The average molecular weight is 152 g/mol. The van der Waals surface area contributed by atoms with Gasteiger partial charge in [-0.15, -0.1) is 11.8 Å². The standard InChI is InChI=1S/C4H8S3/c5-3-1-2-4(6)7-3/h3-6H,1-2H2. The third-order valence-corrected chi connectivity index (χ3v) is 3.32. The van der Waals surface area contributed by atoms with E-state index in [4.69, 9.17) is 0 Å². The van der Waals surface area contributed by atoms with Crippen LogP contribution in [0.15, 0.2) is 0 Å². The maximum absolute atomic E-state index is 4.27. The number of hydrogen-bond acceptors (Lipinski definition) is 3. The topological polar surface area (TPSA) is 0 Å². The Labute approximate surface area is 59.3 Å². The maximum atomic E-state index is 4.27. The summed E-state index contributed by atoms with van der Waals surface area (Å²) in [7, 11) is 0. The van der Waals surface area contributed by atoms with Crippen molar-refractivity contribution in [2.45, 2.75) is 22.0 Å². The Balaban J connectivity index is 2.26. The highest BCUT2D eigenvalue weighted by Gasteiger charge is 2.18. The molecular weight excluding hydrogens is 144 g/mol. The Morgan fingerprint density at radius 1 is 1.14 bits per heavy atom. The van der Waals surface area contributed by atoms with Gasteiger partial charge in [0.15, 0.2) is 0 Å². The molecule has 0 bridgehead atoms. The molecule has 0 spiro atoms. The zero-order valence-corrected chi connectivity index (χ0v) is 6.48. The van der Waals surface area contributed by atoms with Gasteiger partial charge in [0.1, 0.15) is 0 Å². The Bertz CT molecular complexity index is 56.0. The molecule has 3 heteroatoms. The van der Waals surface area contributed by atoms with Crippen molar-refractivity contribution in [3.8, 4) is 0 Å². The first kappa shape index (κ1) is 6.17. The van der Waals surface area contributed by atoms with Gasteiger partial charge in [0.05, 0.1) is 0 Å². The molecule has 1 rings (SSSR count). The molecular formula is C4H8S3. The van der Waals surface area contributed by atoms with Crippen molar-refractivity contribution < 1.29 is 0 Å². The summed E-state index contributed by atoms with van der Waals surface area (Å²) in [6.07, 6.45) is 2.45. The molecule has 0 nitrogen and oxygen atoms in total. The smallest absolute Gasteiger partial charge is 0.0484 e. The number of hydrogen-bond donors (Lipinski definition) is 2. The third kappa shape index (κ3) is 1.78. The molecule has 1 fully saturated rings. The Morgan fingerprint density at radius 3 is 1.71 bits per heavy atom. The second-order valence-electron chi connectivity index (χ2n) is 1.62. The lowest BCUT2D eigenvalue weighted by Gasteiger charge is -1.95. The lowest BCUT2D eigenvalue weighted by Crippen LogP contribution is -1.78. The molecule has 1 saturated heterocycles. The van der Waals surface area contributed by atoms with E-state index in [-0.39, 0.29) is 0 Å². The van der Waals surface area contributed by atoms with Crippen molar-refractivity contribution in [2.24, 2.45) is 0 Å². The average Bonchev–Trinajstić information content (AvgIpc) is 1.87. The zero-order valence-electron chi connectivity index (χ0n) is 3.87. The fourth-order valence-electron chi connectivity index (χ4n) is 0.603. The normalized spacial score (nSPS) is 42.0. The van der Waals surface area contributed by atoms with Gasteiger partial charge < -0.3 is 0 Å². The summed E-state index contributed by atoms with van der Waals surface area (Å²) in [6, 6.07) is 0. The van der Waals surface area contributed by atoms with E-state index in [0.717, 1.165) is 0 Å². The van der Waals surface area contributed by atoms with Crippen LogP contribution in [-0.2, 0) is 0 Å². The van der Waals surface area contributed by atoms with Crippen LogP contribution in [0.1, 0.15) is 12.8 Å². The summed E-state index contributed by atoms with van der Waals surface area (Å²) >= 11 is 10.4. The number of thioether (sulfide) groups is 1. The SMILES string of the molecule is SC1CCC(S)S1. The fourth-order valence-corrected chi connectivity index (χ4v) is 2.98. The molecule has 42 valence electrons. The van der Waals surface area contributed by atoms with E-state index >= 15 is 0 Å². The van der Waals surface area contributed by atoms with Crippen LogP contribution in [0.25, 0.3) is 0 Å². The molecule has 0 saturated carbocycles. The summed E-state index contributed by atoms with van der Waals surface area (Å²) in [6.45, 7) is 0. The maximum Gasteiger partial charge on any atom is 0.0484 e. The molecule has 1 heterocycles. The van der Waals surface area contributed by atoms with E-state index in [1.807, 2.05) is 11.8 Å². The monoisotopic (exact) mass is 152 g/mol. The zero-order chi connectivity index (χ0) is 5.28. The van der Waals surface area contributed by atoms with Crippen molar-refractivity contribution in [2.75, 3.05) is 0 Å². The summed E-state index contributed by atoms with van der Waals surface area (Å²) in [5.41, 5.74) is 0. The van der Waals surface area contributed by atoms with Gasteiger partial charge >= 0.3 is 0 Å². The molecule has 0 aromatic carbocycles. The van der Waals surface area contributed by atoms with Crippen molar-refractivity contribution in [1.29, 1.82) is 0 Å². The van der Waals surface area contributed by atoms with E-state index in [1.165, 1.54) is 12.8 Å². The lowest BCUT2D eigenvalue weighted by molar-refractivity contribution is 0.907. The van der Waals surface area contributed by atoms with Crippen LogP contribution < -0.4 is 0 Å².